The van der Waals surface area contributed by atoms with Crippen LogP contribution in [-0.2, 0) is 9.53 Å². The number of halogens is 2. The number of Topliss-reactive ketones (excluding diaryl/α,β-unsaturated/α-hetero) is 1. The van der Waals surface area contributed by atoms with Crippen LogP contribution in [-0.4, -0.2) is 41.9 Å². The molecule has 0 aliphatic carbocycles. The standard InChI is InChI=1S/C12H19F2NO3/c1-12(2,3)18-11(17)15-6-4-5-8(7-15)9(16)10(13)14/h8,10H,4-7H2,1-3H3. The molecule has 1 atom stereocenters. The van der Waals surface area contributed by atoms with Crippen molar-refractivity contribution >= 4 is 11.9 Å². The van der Waals surface area contributed by atoms with Gasteiger partial charge in [0, 0.05) is 19.0 Å². The predicted molar refractivity (Wildman–Crippen MR) is 61.5 cm³/mol. The third-order valence-corrected chi connectivity index (χ3v) is 2.69. The smallest absolute Gasteiger partial charge is 0.410 e. The monoisotopic (exact) mass is 263 g/mol. The molecule has 1 heterocycles. The molecule has 0 bridgehead atoms. The van der Waals surface area contributed by atoms with Crippen LogP contribution in [0.25, 0.3) is 0 Å². The molecule has 1 unspecified atom stereocenters. The van der Waals surface area contributed by atoms with Gasteiger partial charge < -0.3 is 9.64 Å². The van der Waals surface area contributed by atoms with Crippen LogP contribution in [0.15, 0.2) is 0 Å². The average Bonchev–Trinajstić information content (AvgIpc) is 2.25. The van der Waals surface area contributed by atoms with Gasteiger partial charge in [-0.05, 0) is 33.6 Å². The first-order chi connectivity index (χ1) is 8.20. The Kier molecular flexibility index (Phi) is 4.65. The van der Waals surface area contributed by atoms with Gasteiger partial charge in [0.2, 0.25) is 5.78 Å². The Morgan fingerprint density at radius 3 is 2.44 bits per heavy atom. The summed E-state index contributed by atoms with van der Waals surface area (Å²) < 4.78 is 29.8. The van der Waals surface area contributed by atoms with Gasteiger partial charge in [-0.2, -0.15) is 0 Å². The molecule has 1 aliphatic heterocycles. The molecule has 1 amide bonds. The Hall–Kier alpha value is -1.20. The van der Waals surface area contributed by atoms with Crippen molar-refractivity contribution in [3.05, 3.63) is 0 Å². The van der Waals surface area contributed by atoms with E-state index in [0.717, 1.165) is 0 Å². The fourth-order valence-corrected chi connectivity index (χ4v) is 1.88. The van der Waals surface area contributed by atoms with E-state index < -0.39 is 29.8 Å². The van der Waals surface area contributed by atoms with E-state index in [4.69, 9.17) is 4.74 Å². The fourth-order valence-electron chi connectivity index (χ4n) is 1.88. The molecule has 0 saturated carbocycles. The minimum Gasteiger partial charge on any atom is -0.444 e. The molecule has 1 rings (SSSR count). The zero-order valence-electron chi connectivity index (χ0n) is 10.9. The Bertz CT molecular complexity index is 326. The first-order valence-electron chi connectivity index (χ1n) is 6.00. The number of alkyl halides is 2. The summed E-state index contributed by atoms with van der Waals surface area (Å²) in [5.74, 6) is -1.85. The van der Waals surface area contributed by atoms with Crippen molar-refractivity contribution in [1.82, 2.24) is 4.90 Å². The molecular weight excluding hydrogens is 244 g/mol. The number of ketones is 1. The van der Waals surface area contributed by atoms with Crippen molar-refractivity contribution in [2.24, 2.45) is 5.92 Å². The highest BCUT2D eigenvalue weighted by Crippen LogP contribution is 2.21. The number of amides is 1. The highest BCUT2D eigenvalue weighted by atomic mass is 19.3. The lowest BCUT2D eigenvalue weighted by Gasteiger charge is -2.33. The summed E-state index contributed by atoms with van der Waals surface area (Å²) in [6.45, 7) is 5.67. The Morgan fingerprint density at radius 2 is 1.94 bits per heavy atom. The number of hydrogen-bond acceptors (Lipinski definition) is 3. The number of carbonyl (C=O) groups is 2. The molecule has 1 fully saturated rings. The fraction of sp³-hybridized carbons (Fsp3) is 0.833. The van der Waals surface area contributed by atoms with Crippen LogP contribution in [0.4, 0.5) is 13.6 Å². The third kappa shape index (κ3) is 4.23. The molecule has 0 aromatic carbocycles. The van der Waals surface area contributed by atoms with Gasteiger partial charge in [0.25, 0.3) is 6.43 Å². The van der Waals surface area contributed by atoms with Crippen molar-refractivity contribution in [2.45, 2.75) is 45.6 Å². The van der Waals surface area contributed by atoms with E-state index in [1.807, 2.05) is 0 Å². The normalized spacial score (nSPS) is 21.0. The van der Waals surface area contributed by atoms with Crippen molar-refractivity contribution in [3.63, 3.8) is 0 Å². The van der Waals surface area contributed by atoms with Crippen LogP contribution in [0.3, 0.4) is 0 Å². The minimum atomic E-state index is -2.96. The minimum absolute atomic E-state index is 0.0259. The molecule has 6 heteroatoms. The molecule has 104 valence electrons. The second-order valence-corrected chi connectivity index (χ2v) is 5.47. The van der Waals surface area contributed by atoms with Gasteiger partial charge in [-0.3, -0.25) is 4.79 Å². The summed E-state index contributed by atoms with van der Waals surface area (Å²) in [5.41, 5.74) is -0.628. The maximum absolute atomic E-state index is 12.3. The zero-order chi connectivity index (χ0) is 13.9. The highest BCUT2D eigenvalue weighted by Gasteiger charge is 2.34. The van der Waals surface area contributed by atoms with Gasteiger partial charge >= 0.3 is 6.09 Å². The lowest BCUT2D eigenvalue weighted by molar-refractivity contribution is -0.135. The molecule has 0 aromatic heterocycles. The van der Waals surface area contributed by atoms with E-state index in [1.165, 1.54) is 4.90 Å². The van der Waals surface area contributed by atoms with Crippen LogP contribution < -0.4 is 0 Å². The summed E-state index contributed by atoms with van der Waals surface area (Å²) >= 11 is 0. The molecule has 0 aromatic rings. The Morgan fingerprint density at radius 1 is 1.33 bits per heavy atom. The van der Waals surface area contributed by atoms with Crippen LogP contribution in [0.5, 0.6) is 0 Å². The maximum atomic E-state index is 12.3. The van der Waals surface area contributed by atoms with Crippen molar-refractivity contribution in [3.8, 4) is 0 Å². The summed E-state index contributed by atoms with van der Waals surface area (Å²) in [6, 6.07) is 0. The molecule has 4 nitrogen and oxygen atoms in total. The molecule has 0 N–H and O–H groups in total. The number of piperidine rings is 1. The van der Waals surface area contributed by atoms with Gasteiger partial charge in [-0.1, -0.05) is 0 Å². The number of nitrogens with zero attached hydrogens (tertiary/aromatic N) is 1. The molecular formula is C12H19F2NO3. The van der Waals surface area contributed by atoms with Gasteiger partial charge in [-0.25, -0.2) is 13.6 Å². The average molecular weight is 263 g/mol. The largest absolute Gasteiger partial charge is 0.444 e. The van der Waals surface area contributed by atoms with E-state index >= 15 is 0 Å². The summed E-state index contributed by atoms with van der Waals surface area (Å²) in [7, 11) is 0. The molecule has 0 radical (unpaired) electrons. The van der Waals surface area contributed by atoms with E-state index in [0.29, 0.717) is 19.4 Å². The van der Waals surface area contributed by atoms with Gasteiger partial charge in [0.05, 0.1) is 0 Å². The number of ether oxygens (including phenoxy) is 1. The van der Waals surface area contributed by atoms with Crippen molar-refractivity contribution in [2.75, 3.05) is 13.1 Å². The van der Waals surface area contributed by atoms with Gasteiger partial charge in [-0.15, -0.1) is 0 Å². The Labute approximate surface area is 105 Å². The number of hydrogen-bond donors (Lipinski definition) is 0. The van der Waals surface area contributed by atoms with E-state index in [9.17, 15) is 18.4 Å². The van der Waals surface area contributed by atoms with Crippen molar-refractivity contribution in [1.29, 1.82) is 0 Å². The molecule has 1 aliphatic rings. The number of carbonyl (C=O) groups excluding carboxylic acids is 2. The lowest BCUT2D eigenvalue weighted by atomic mass is 9.94. The topological polar surface area (TPSA) is 46.6 Å². The van der Waals surface area contributed by atoms with Crippen LogP contribution in [0, 0.1) is 5.92 Å². The van der Waals surface area contributed by atoms with E-state index in [2.05, 4.69) is 0 Å². The maximum Gasteiger partial charge on any atom is 0.410 e. The summed E-state index contributed by atoms with van der Waals surface area (Å²) in [4.78, 5) is 24.3. The van der Waals surface area contributed by atoms with Crippen LogP contribution in [0.1, 0.15) is 33.6 Å². The first kappa shape index (κ1) is 14.9. The van der Waals surface area contributed by atoms with Crippen LogP contribution >= 0.6 is 0 Å². The predicted octanol–water partition coefficient (Wildman–Crippen LogP) is 2.47. The van der Waals surface area contributed by atoms with Gasteiger partial charge in [0.15, 0.2) is 0 Å². The van der Waals surface area contributed by atoms with E-state index in [1.54, 1.807) is 20.8 Å². The molecule has 1 saturated heterocycles. The highest BCUT2D eigenvalue weighted by molar-refractivity contribution is 5.84. The summed E-state index contributed by atoms with van der Waals surface area (Å²) in [6.07, 6.45) is -2.56. The van der Waals surface area contributed by atoms with Crippen molar-refractivity contribution < 1.29 is 23.1 Å². The molecule has 0 spiro atoms. The van der Waals surface area contributed by atoms with Crippen LogP contribution in [0.2, 0.25) is 0 Å². The molecule has 18 heavy (non-hydrogen) atoms. The summed E-state index contributed by atoms with van der Waals surface area (Å²) in [5, 5.41) is 0. The first-order valence-corrected chi connectivity index (χ1v) is 6.00. The second-order valence-electron chi connectivity index (χ2n) is 5.47. The second kappa shape index (κ2) is 5.63. The SMILES string of the molecule is CC(C)(C)OC(=O)N1CCCC(C(=O)C(F)F)C1. The number of likely N-dealkylation sites (tertiary alicyclic amines) is 1. The zero-order valence-corrected chi connectivity index (χ0v) is 10.9. The van der Waals surface area contributed by atoms with E-state index in [-0.39, 0.29) is 6.54 Å². The number of rotatable bonds is 2. The Balaban J connectivity index is 2.59. The third-order valence-electron chi connectivity index (χ3n) is 2.69. The quantitative estimate of drug-likeness (QED) is 0.769. The lowest BCUT2D eigenvalue weighted by Crippen LogP contribution is -2.45. The van der Waals surface area contributed by atoms with Gasteiger partial charge in [0.1, 0.15) is 5.60 Å².